The second kappa shape index (κ2) is 10.4. The highest BCUT2D eigenvalue weighted by Gasteiger charge is 2.19. The Balaban J connectivity index is 2.02. The van der Waals surface area contributed by atoms with Crippen molar-refractivity contribution >= 4 is 33.2 Å². The minimum atomic E-state index is -3.53. The van der Waals surface area contributed by atoms with Crippen LogP contribution in [-0.4, -0.2) is 34.2 Å². The lowest BCUT2D eigenvalue weighted by Gasteiger charge is -2.23. The Morgan fingerprint density at radius 3 is 2.35 bits per heavy atom. The summed E-state index contributed by atoms with van der Waals surface area (Å²) in [4.78, 5) is 12.5. The first kappa shape index (κ1) is 25.0. The minimum Gasteiger partial charge on any atom is -0.495 e. The van der Waals surface area contributed by atoms with Crippen molar-refractivity contribution in [2.75, 3.05) is 24.2 Å². The molecule has 0 heterocycles. The van der Waals surface area contributed by atoms with E-state index in [0.29, 0.717) is 22.9 Å². The van der Waals surface area contributed by atoms with Crippen LogP contribution in [0.25, 0.3) is 0 Å². The highest BCUT2D eigenvalue weighted by Crippen LogP contribution is 2.30. The van der Waals surface area contributed by atoms with Crippen LogP contribution in [0.2, 0.25) is 5.02 Å². The lowest BCUT2D eigenvalue weighted by molar-refractivity contribution is -0.121. The summed E-state index contributed by atoms with van der Waals surface area (Å²) in [5.74, 6) is 0.347. The zero-order valence-corrected chi connectivity index (χ0v) is 20.5. The van der Waals surface area contributed by atoms with E-state index in [0.717, 1.165) is 17.4 Å². The molecular formula is C23H31ClN2O4S. The van der Waals surface area contributed by atoms with Gasteiger partial charge in [0.1, 0.15) is 5.75 Å². The number of anilines is 1. The maximum atomic E-state index is 12.5. The summed E-state index contributed by atoms with van der Waals surface area (Å²) in [5, 5.41) is 3.34. The predicted molar refractivity (Wildman–Crippen MR) is 127 cm³/mol. The molecule has 0 saturated carbocycles. The topological polar surface area (TPSA) is 75.7 Å². The second-order valence-electron chi connectivity index (χ2n) is 7.84. The van der Waals surface area contributed by atoms with Crippen LogP contribution in [0.4, 0.5) is 5.69 Å². The molecule has 170 valence electrons. The van der Waals surface area contributed by atoms with E-state index in [1.165, 1.54) is 22.5 Å². The van der Waals surface area contributed by atoms with Gasteiger partial charge in [0, 0.05) is 13.0 Å². The molecular weight excluding hydrogens is 436 g/mol. The van der Waals surface area contributed by atoms with Crippen LogP contribution < -0.4 is 14.4 Å². The number of benzene rings is 2. The van der Waals surface area contributed by atoms with Gasteiger partial charge in [-0.1, -0.05) is 23.7 Å². The monoisotopic (exact) mass is 466 g/mol. The second-order valence-corrected chi connectivity index (χ2v) is 10.2. The fourth-order valence-electron chi connectivity index (χ4n) is 3.52. The number of rotatable bonds is 9. The molecule has 2 aromatic carbocycles. The van der Waals surface area contributed by atoms with Gasteiger partial charge in [-0.25, -0.2) is 8.42 Å². The van der Waals surface area contributed by atoms with Gasteiger partial charge in [-0.15, -0.1) is 0 Å². The molecule has 2 rings (SSSR count). The first-order chi connectivity index (χ1) is 14.4. The van der Waals surface area contributed by atoms with E-state index >= 15 is 0 Å². The van der Waals surface area contributed by atoms with Gasteiger partial charge in [0.15, 0.2) is 0 Å². The molecule has 0 aliphatic carbocycles. The highest BCUT2D eigenvalue weighted by atomic mass is 35.5. The van der Waals surface area contributed by atoms with E-state index in [2.05, 4.69) is 31.3 Å². The lowest BCUT2D eigenvalue weighted by Crippen LogP contribution is -2.32. The van der Waals surface area contributed by atoms with Crippen molar-refractivity contribution in [2.45, 2.75) is 46.6 Å². The number of nitrogens with one attached hydrogen (secondary N) is 1. The van der Waals surface area contributed by atoms with Crippen molar-refractivity contribution in [3.05, 3.63) is 57.6 Å². The van der Waals surface area contributed by atoms with E-state index in [-0.39, 0.29) is 24.9 Å². The minimum absolute atomic E-state index is 0.119. The maximum Gasteiger partial charge on any atom is 0.232 e. The van der Waals surface area contributed by atoms with Crippen LogP contribution in [0.5, 0.6) is 5.75 Å². The molecule has 0 saturated heterocycles. The van der Waals surface area contributed by atoms with Gasteiger partial charge < -0.3 is 10.1 Å². The van der Waals surface area contributed by atoms with Crippen LogP contribution in [-0.2, 0) is 14.8 Å². The number of hydrogen-bond acceptors (Lipinski definition) is 4. The number of amides is 1. The van der Waals surface area contributed by atoms with Gasteiger partial charge in [-0.05, 0) is 74.6 Å². The summed E-state index contributed by atoms with van der Waals surface area (Å²) in [6, 6.07) is 8.91. The predicted octanol–water partition coefficient (Wildman–Crippen LogP) is 4.70. The van der Waals surface area contributed by atoms with Gasteiger partial charge in [0.25, 0.3) is 0 Å². The quantitative estimate of drug-likeness (QED) is 0.581. The number of methoxy groups -OCH3 is 1. The molecule has 1 unspecified atom stereocenters. The van der Waals surface area contributed by atoms with Gasteiger partial charge in [0.2, 0.25) is 15.9 Å². The normalized spacial score (nSPS) is 12.4. The number of carbonyl (C=O) groups is 1. The van der Waals surface area contributed by atoms with Gasteiger partial charge in [-0.3, -0.25) is 9.10 Å². The molecule has 0 spiro atoms. The fourth-order valence-corrected chi connectivity index (χ4v) is 4.73. The van der Waals surface area contributed by atoms with Gasteiger partial charge in [-0.2, -0.15) is 0 Å². The summed E-state index contributed by atoms with van der Waals surface area (Å²) in [5.41, 5.74) is 5.06. The Hall–Kier alpha value is -2.25. The van der Waals surface area contributed by atoms with Crippen LogP contribution >= 0.6 is 11.6 Å². The van der Waals surface area contributed by atoms with E-state index in [4.69, 9.17) is 16.3 Å². The Kier molecular flexibility index (Phi) is 8.37. The Morgan fingerprint density at radius 2 is 1.77 bits per heavy atom. The number of nitrogens with zero attached hydrogens (tertiary/aromatic N) is 1. The van der Waals surface area contributed by atoms with Crippen molar-refractivity contribution in [3.8, 4) is 5.75 Å². The molecule has 1 atom stereocenters. The molecule has 0 aromatic heterocycles. The molecule has 0 radical (unpaired) electrons. The third-order valence-corrected chi connectivity index (χ3v) is 6.80. The summed E-state index contributed by atoms with van der Waals surface area (Å²) in [7, 11) is -2.04. The van der Waals surface area contributed by atoms with Crippen LogP contribution in [0.1, 0.15) is 48.1 Å². The van der Waals surface area contributed by atoms with E-state index in [1.54, 1.807) is 18.2 Å². The van der Waals surface area contributed by atoms with Crippen molar-refractivity contribution in [1.29, 1.82) is 0 Å². The average molecular weight is 467 g/mol. The van der Waals surface area contributed by atoms with E-state index in [9.17, 15) is 13.2 Å². The number of aryl methyl sites for hydroxylation is 3. The number of hydrogen-bond donors (Lipinski definition) is 1. The maximum absolute atomic E-state index is 12.5. The van der Waals surface area contributed by atoms with E-state index in [1.807, 2.05) is 13.8 Å². The fraction of sp³-hybridized carbons (Fsp3) is 0.435. The molecule has 0 aliphatic heterocycles. The van der Waals surface area contributed by atoms with Crippen LogP contribution in [0.3, 0.4) is 0 Å². The van der Waals surface area contributed by atoms with Crippen molar-refractivity contribution in [2.24, 2.45) is 0 Å². The Labute approximate surface area is 190 Å². The molecule has 1 N–H and O–H groups in total. The number of sulfonamides is 1. The molecule has 0 aliphatic rings. The Bertz CT molecular complexity index is 1050. The van der Waals surface area contributed by atoms with Crippen molar-refractivity contribution < 1.29 is 17.9 Å². The van der Waals surface area contributed by atoms with Crippen LogP contribution in [0.15, 0.2) is 30.3 Å². The number of carbonyl (C=O) groups excluding carboxylic acids is 1. The van der Waals surface area contributed by atoms with Crippen LogP contribution in [0, 0.1) is 20.8 Å². The van der Waals surface area contributed by atoms with Gasteiger partial charge in [0.05, 0.1) is 30.1 Å². The number of halogens is 1. The highest BCUT2D eigenvalue weighted by molar-refractivity contribution is 7.92. The molecule has 6 nitrogen and oxygen atoms in total. The van der Waals surface area contributed by atoms with Crippen molar-refractivity contribution in [3.63, 3.8) is 0 Å². The first-order valence-corrected chi connectivity index (χ1v) is 12.3. The standard InChI is InChI=1S/C23H31ClN2O4S/c1-15-12-17(3)20(13-16(15)2)18(4)25-23(27)8-7-11-26(31(6,28)29)19-9-10-22(30-5)21(24)14-19/h9-10,12-14,18H,7-8,11H2,1-6H3,(H,25,27). The largest absolute Gasteiger partial charge is 0.495 e. The lowest BCUT2D eigenvalue weighted by atomic mass is 9.96. The molecule has 0 fully saturated rings. The third kappa shape index (κ3) is 6.61. The molecule has 0 bridgehead atoms. The Morgan fingerprint density at radius 1 is 1.13 bits per heavy atom. The zero-order chi connectivity index (χ0) is 23.3. The summed E-state index contributed by atoms with van der Waals surface area (Å²) < 4.78 is 30.9. The molecule has 31 heavy (non-hydrogen) atoms. The molecule has 8 heteroatoms. The number of ether oxygens (including phenoxy) is 1. The van der Waals surface area contributed by atoms with E-state index < -0.39 is 10.0 Å². The summed E-state index contributed by atoms with van der Waals surface area (Å²) >= 11 is 6.15. The van der Waals surface area contributed by atoms with Crippen molar-refractivity contribution in [1.82, 2.24) is 5.32 Å². The third-order valence-electron chi connectivity index (χ3n) is 5.32. The van der Waals surface area contributed by atoms with Gasteiger partial charge >= 0.3 is 0 Å². The zero-order valence-electron chi connectivity index (χ0n) is 19.0. The summed E-state index contributed by atoms with van der Waals surface area (Å²) in [6.45, 7) is 8.29. The molecule has 1 amide bonds. The first-order valence-electron chi connectivity index (χ1n) is 10.1. The average Bonchev–Trinajstić information content (AvgIpc) is 2.67. The summed E-state index contributed by atoms with van der Waals surface area (Å²) in [6.07, 6.45) is 1.72. The SMILES string of the molecule is COc1ccc(N(CCCC(=O)NC(C)c2cc(C)c(C)cc2C)S(C)(=O)=O)cc1Cl. The smallest absolute Gasteiger partial charge is 0.232 e. The molecule has 2 aromatic rings.